The van der Waals surface area contributed by atoms with E-state index in [1.165, 1.54) is 0 Å². The molecule has 0 rings (SSSR count). The molecule has 0 aliphatic heterocycles. The van der Waals surface area contributed by atoms with Crippen molar-refractivity contribution in [1.82, 2.24) is 0 Å². The predicted octanol–water partition coefficient (Wildman–Crippen LogP) is -0.277. The van der Waals surface area contributed by atoms with Gasteiger partial charge in [-0.3, -0.25) is 9.00 Å². The van der Waals surface area contributed by atoms with Gasteiger partial charge in [-0.25, -0.2) is 0 Å². The number of rotatable bonds is 6. The summed E-state index contributed by atoms with van der Waals surface area (Å²) in [5.41, 5.74) is 5.20. The molecule has 0 bridgehead atoms. The molecule has 0 fully saturated rings. The lowest BCUT2D eigenvalue weighted by atomic mass is 10.2. The molecular formula is C7H13NO3S. The van der Waals surface area contributed by atoms with E-state index >= 15 is 0 Å². The fourth-order valence-electron chi connectivity index (χ4n) is 0.597. The third-order valence-electron chi connectivity index (χ3n) is 1.28. The van der Waals surface area contributed by atoms with Crippen LogP contribution in [0.2, 0.25) is 0 Å². The average molecular weight is 191 g/mol. The van der Waals surface area contributed by atoms with Crippen molar-refractivity contribution in [3.63, 3.8) is 0 Å². The highest BCUT2D eigenvalue weighted by molar-refractivity contribution is 7.85. The summed E-state index contributed by atoms with van der Waals surface area (Å²) in [7, 11) is -1.02. The van der Waals surface area contributed by atoms with Crippen molar-refractivity contribution in [2.45, 2.75) is 12.5 Å². The SMILES string of the molecule is C=CC[S@@](=O)CC[C@@H](N)C(=O)O. The van der Waals surface area contributed by atoms with Gasteiger partial charge in [-0.05, 0) is 6.42 Å². The van der Waals surface area contributed by atoms with Crippen LogP contribution in [0.1, 0.15) is 6.42 Å². The van der Waals surface area contributed by atoms with Crippen LogP contribution in [0, 0.1) is 0 Å². The molecule has 0 aromatic carbocycles. The Morgan fingerprint density at radius 3 is 2.75 bits per heavy atom. The van der Waals surface area contributed by atoms with Crippen LogP contribution in [0.3, 0.4) is 0 Å². The van der Waals surface area contributed by atoms with Gasteiger partial charge < -0.3 is 10.8 Å². The second-order valence-electron chi connectivity index (χ2n) is 2.33. The fourth-order valence-corrected chi connectivity index (χ4v) is 1.54. The van der Waals surface area contributed by atoms with Crippen LogP contribution in [0.4, 0.5) is 0 Å². The van der Waals surface area contributed by atoms with Gasteiger partial charge in [0.25, 0.3) is 0 Å². The topological polar surface area (TPSA) is 80.4 Å². The maximum Gasteiger partial charge on any atom is 0.320 e. The second-order valence-corrected chi connectivity index (χ2v) is 3.95. The third kappa shape index (κ3) is 5.03. The highest BCUT2D eigenvalue weighted by Gasteiger charge is 2.11. The molecule has 0 unspecified atom stereocenters. The third-order valence-corrected chi connectivity index (χ3v) is 2.58. The summed E-state index contributed by atoms with van der Waals surface area (Å²) < 4.78 is 11.0. The van der Waals surface area contributed by atoms with Crippen molar-refractivity contribution < 1.29 is 14.1 Å². The summed E-state index contributed by atoms with van der Waals surface area (Å²) in [5, 5.41) is 8.38. The van der Waals surface area contributed by atoms with Crippen LogP contribution in [0.5, 0.6) is 0 Å². The Morgan fingerprint density at radius 1 is 1.75 bits per heavy atom. The molecule has 0 aromatic rings. The molecule has 3 N–H and O–H groups in total. The van der Waals surface area contributed by atoms with E-state index in [2.05, 4.69) is 6.58 Å². The zero-order valence-corrected chi connectivity index (χ0v) is 7.55. The number of nitrogens with two attached hydrogens (primary N) is 1. The average Bonchev–Trinajstić information content (AvgIpc) is 2.00. The maximum absolute atomic E-state index is 11.0. The van der Waals surface area contributed by atoms with Crippen LogP contribution < -0.4 is 5.73 Å². The number of carbonyl (C=O) groups is 1. The molecule has 5 heteroatoms. The molecule has 0 aliphatic carbocycles. The molecule has 0 saturated heterocycles. The lowest BCUT2D eigenvalue weighted by Gasteiger charge is -2.04. The molecule has 12 heavy (non-hydrogen) atoms. The highest BCUT2D eigenvalue weighted by atomic mass is 32.2. The Kier molecular flexibility index (Phi) is 5.57. The number of carboxylic acid groups (broad SMARTS) is 1. The Bertz CT molecular complexity index is 193. The minimum Gasteiger partial charge on any atom is -0.480 e. The Labute approximate surface area is 73.9 Å². The van der Waals surface area contributed by atoms with E-state index in [9.17, 15) is 9.00 Å². The van der Waals surface area contributed by atoms with Crippen molar-refractivity contribution in [3.8, 4) is 0 Å². The summed E-state index contributed by atoms with van der Waals surface area (Å²) in [5.74, 6) is -0.336. The number of hydrogen-bond acceptors (Lipinski definition) is 3. The lowest BCUT2D eigenvalue weighted by molar-refractivity contribution is -0.138. The zero-order chi connectivity index (χ0) is 9.56. The zero-order valence-electron chi connectivity index (χ0n) is 6.73. The van der Waals surface area contributed by atoms with Gasteiger partial charge in [0, 0.05) is 22.3 Å². The van der Waals surface area contributed by atoms with Gasteiger partial charge in [-0.1, -0.05) is 6.08 Å². The van der Waals surface area contributed by atoms with Crippen molar-refractivity contribution >= 4 is 16.8 Å². The Hall–Kier alpha value is -0.680. The molecule has 0 heterocycles. The summed E-state index contributed by atoms with van der Waals surface area (Å²) in [4.78, 5) is 10.2. The molecule has 0 amide bonds. The van der Waals surface area contributed by atoms with Crippen molar-refractivity contribution in [2.24, 2.45) is 5.73 Å². The van der Waals surface area contributed by atoms with Crippen molar-refractivity contribution in [3.05, 3.63) is 12.7 Å². The molecule has 4 nitrogen and oxygen atoms in total. The highest BCUT2D eigenvalue weighted by Crippen LogP contribution is 1.93. The van der Waals surface area contributed by atoms with E-state index in [1.807, 2.05) is 0 Å². The van der Waals surface area contributed by atoms with Gasteiger partial charge in [-0.2, -0.15) is 0 Å². The first-order valence-electron chi connectivity index (χ1n) is 3.52. The summed E-state index contributed by atoms with van der Waals surface area (Å²) >= 11 is 0. The van der Waals surface area contributed by atoms with E-state index in [0.717, 1.165) is 0 Å². The maximum atomic E-state index is 11.0. The normalized spacial score (nSPS) is 15.1. The molecule has 0 aromatic heterocycles. The summed E-state index contributed by atoms with van der Waals surface area (Å²) in [6, 6.07) is -0.904. The molecular weight excluding hydrogens is 178 g/mol. The van der Waals surface area contributed by atoms with Crippen molar-refractivity contribution in [2.75, 3.05) is 11.5 Å². The van der Waals surface area contributed by atoms with Gasteiger partial charge in [0.15, 0.2) is 0 Å². The number of carboxylic acids is 1. The van der Waals surface area contributed by atoms with E-state index in [1.54, 1.807) is 6.08 Å². The van der Waals surface area contributed by atoms with Gasteiger partial charge >= 0.3 is 5.97 Å². The van der Waals surface area contributed by atoms with E-state index in [-0.39, 0.29) is 6.42 Å². The Balaban J connectivity index is 3.60. The molecule has 2 atom stereocenters. The van der Waals surface area contributed by atoms with Crippen LogP contribution in [0.15, 0.2) is 12.7 Å². The monoisotopic (exact) mass is 191 g/mol. The number of aliphatic carboxylic acids is 1. The second kappa shape index (κ2) is 5.91. The summed E-state index contributed by atoms with van der Waals surface area (Å²) in [6.45, 7) is 3.42. The minimum absolute atomic E-state index is 0.246. The van der Waals surface area contributed by atoms with E-state index < -0.39 is 22.8 Å². The fraction of sp³-hybridized carbons (Fsp3) is 0.571. The van der Waals surface area contributed by atoms with Crippen LogP contribution in [-0.4, -0.2) is 32.8 Å². The quantitative estimate of drug-likeness (QED) is 0.566. The predicted molar refractivity (Wildman–Crippen MR) is 48.3 cm³/mol. The van der Waals surface area contributed by atoms with Crippen LogP contribution in [0.25, 0.3) is 0 Å². The van der Waals surface area contributed by atoms with E-state index in [0.29, 0.717) is 11.5 Å². The van der Waals surface area contributed by atoms with Crippen LogP contribution >= 0.6 is 0 Å². The van der Waals surface area contributed by atoms with Gasteiger partial charge in [0.1, 0.15) is 6.04 Å². The summed E-state index contributed by atoms with van der Waals surface area (Å²) in [6.07, 6.45) is 1.79. The molecule has 0 saturated carbocycles. The van der Waals surface area contributed by atoms with Gasteiger partial charge in [-0.15, -0.1) is 6.58 Å². The van der Waals surface area contributed by atoms with Crippen molar-refractivity contribution in [1.29, 1.82) is 0 Å². The molecule has 0 aliphatic rings. The molecule has 0 spiro atoms. The lowest BCUT2D eigenvalue weighted by Crippen LogP contribution is -2.31. The van der Waals surface area contributed by atoms with Gasteiger partial charge in [0.05, 0.1) is 0 Å². The first-order valence-corrected chi connectivity index (χ1v) is 5.01. The van der Waals surface area contributed by atoms with Gasteiger partial charge in [0.2, 0.25) is 0 Å². The number of hydrogen-bond donors (Lipinski definition) is 2. The first-order chi connectivity index (χ1) is 5.57. The van der Waals surface area contributed by atoms with Crippen LogP contribution in [-0.2, 0) is 15.6 Å². The smallest absolute Gasteiger partial charge is 0.320 e. The Morgan fingerprint density at radius 2 is 2.33 bits per heavy atom. The first kappa shape index (κ1) is 11.3. The molecule has 0 radical (unpaired) electrons. The molecule has 70 valence electrons. The van der Waals surface area contributed by atoms with E-state index in [4.69, 9.17) is 10.8 Å². The largest absolute Gasteiger partial charge is 0.480 e. The standard InChI is InChI=1S/C7H13NO3S/c1-2-4-12(11)5-3-6(8)7(9)10/h2,6H,1,3-5,8H2,(H,9,10)/t6-,12-/m1/s1. The minimum atomic E-state index is -1.05.